The summed E-state index contributed by atoms with van der Waals surface area (Å²) in [5.41, 5.74) is 1.37. The second-order valence-corrected chi connectivity index (χ2v) is 7.15. The molecule has 1 aromatic carbocycles. The van der Waals surface area contributed by atoms with Gasteiger partial charge in [0.1, 0.15) is 17.4 Å². The highest BCUT2D eigenvalue weighted by Gasteiger charge is 2.27. The number of aromatic nitrogens is 2. The lowest BCUT2D eigenvalue weighted by molar-refractivity contribution is 0.0743. The normalized spacial score (nSPS) is 17.9. The largest absolute Gasteiger partial charge is 0.507 e. The van der Waals surface area contributed by atoms with Crippen LogP contribution in [0.4, 0.5) is 5.82 Å². The molecule has 1 aliphatic heterocycles. The average Bonchev–Trinajstić information content (AvgIpc) is 2.60. The smallest absolute Gasteiger partial charge is 0.257 e. The van der Waals surface area contributed by atoms with Crippen LogP contribution in [0.25, 0.3) is 0 Å². The molecular weight excluding hydrogens is 328 g/mol. The summed E-state index contributed by atoms with van der Waals surface area (Å²) < 4.78 is 0. The minimum Gasteiger partial charge on any atom is -0.507 e. The number of anilines is 1. The van der Waals surface area contributed by atoms with E-state index in [0.29, 0.717) is 24.6 Å². The number of nitrogens with zero attached hydrogens (tertiary/aromatic N) is 4. The first kappa shape index (κ1) is 16.8. The van der Waals surface area contributed by atoms with E-state index in [4.69, 9.17) is 4.98 Å². The van der Waals surface area contributed by atoms with Gasteiger partial charge in [-0.1, -0.05) is 18.6 Å². The molecule has 0 radical (unpaired) electrons. The molecule has 1 saturated carbocycles. The van der Waals surface area contributed by atoms with E-state index in [-0.39, 0.29) is 11.7 Å². The Morgan fingerprint density at radius 2 is 1.85 bits per heavy atom. The minimum atomic E-state index is -0.114. The molecule has 2 fully saturated rings. The molecule has 1 saturated heterocycles. The van der Waals surface area contributed by atoms with Crippen molar-refractivity contribution in [1.82, 2.24) is 14.9 Å². The molecule has 136 valence electrons. The molecule has 1 aliphatic carbocycles. The van der Waals surface area contributed by atoms with E-state index in [1.807, 2.05) is 13.0 Å². The Morgan fingerprint density at radius 1 is 1.12 bits per heavy atom. The van der Waals surface area contributed by atoms with Crippen LogP contribution in [-0.2, 0) is 0 Å². The Hall–Kier alpha value is -2.63. The molecule has 4 rings (SSSR count). The summed E-state index contributed by atoms with van der Waals surface area (Å²) in [6, 6.07) is 8.75. The number of benzene rings is 1. The number of aryl methyl sites for hydroxylation is 1. The van der Waals surface area contributed by atoms with Gasteiger partial charge < -0.3 is 14.9 Å². The second kappa shape index (κ2) is 6.94. The fourth-order valence-electron chi connectivity index (χ4n) is 3.55. The van der Waals surface area contributed by atoms with Crippen molar-refractivity contribution in [3.05, 3.63) is 47.4 Å². The van der Waals surface area contributed by atoms with Gasteiger partial charge in [0.2, 0.25) is 0 Å². The maximum absolute atomic E-state index is 12.6. The predicted octanol–water partition coefficient (Wildman–Crippen LogP) is 2.72. The lowest BCUT2D eigenvalue weighted by atomic mass is 9.85. The number of rotatable bonds is 3. The summed E-state index contributed by atoms with van der Waals surface area (Å²) in [6.07, 6.45) is 3.64. The number of hydrogen-bond acceptors (Lipinski definition) is 5. The van der Waals surface area contributed by atoms with Gasteiger partial charge in [0.15, 0.2) is 0 Å². The van der Waals surface area contributed by atoms with Crippen LogP contribution < -0.4 is 4.90 Å². The molecule has 1 aromatic heterocycles. The van der Waals surface area contributed by atoms with Crippen LogP contribution >= 0.6 is 0 Å². The quantitative estimate of drug-likeness (QED) is 0.920. The highest BCUT2D eigenvalue weighted by molar-refractivity contribution is 5.96. The monoisotopic (exact) mass is 352 g/mol. The van der Waals surface area contributed by atoms with Crippen molar-refractivity contribution in [2.75, 3.05) is 31.1 Å². The van der Waals surface area contributed by atoms with Crippen LogP contribution in [0.5, 0.6) is 5.75 Å². The molecule has 2 aromatic rings. The van der Waals surface area contributed by atoms with Gasteiger partial charge in [0, 0.05) is 43.9 Å². The summed E-state index contributed by atoms with van der Waals surface area (Å²) in [5, 5.41) is 9.91. The standard InChI is InChI=1S/C20H24N4O2/c1-14-13-18(22-19(21-14)15-5-4-6-15)23-9-11-24(12-10-23)20(26)16-7-2-3-8-17(16)25/h2-3,7-8,13,15,25H,4-6,9-12H2,1H3. The molecule has 0 atom stereocenters. The first-order valence-corrected chi connectivity index (χ1v) is 9.29. The molecule has 2 heterocycles. The summed E-state index contributed by atoms with van der Waals surface area (Å²) >= 11 is 0. The van der Waals surface area contributed by atoms with Gasteiger partial charge in [-0.05, 0) is 31.9 Å². The first-order chi connectivity index (χ1) is 12.6. The lowest BCUT2D eigenvalue weighted by Gasteiger charge is -2.36. The molecule has 0 unspecified atom stereocenters. The Balaban J connectivity index is 1.44. The zero-order valence-electron chi connectivity index (χ0n) is 15.1. The van der Waals surface area contributed by atoms with Crippen molar-refractivity contribution < 1.29 is 9.90 Å². The third-order valence-corrected chi connectivity index (χ3v) is 5.35. The van der Waals surface area contributed by atoms with Gasteiger partial charge in [0.05, 0.1) is 5.56 Å². The zero-order chi connectivity index (χ0) is 18.1. The fraction of sp³-hybridized carbons (Fsp3) is 0.450. The number of amides is 1. The second-order valence-electron chi connectivity index (χ2n) is 7.15. The van der Waals surface area contributed by atoms with E-state index in [2.05, 4.69) is 9.88 Å². The summed E-state index contributed by atoms with van der Waals surface area (Å²) in [5.74, 6) is 2.37. The van der Waals surface area contributed by atoms with Gasteiger partial charge >= 0.3 is 0 Å². The highest BCUT2D eigenvalue weighted by atomic mass is 16.3. The topological polar surface area (TPSA) is 69.6 Å². The molecule has 6 heteroatoms. The van der Waals surface area contributed by atoms with E-state index >= 15 is 0 Å². The predicted molar refractivity (Wildman–Crippen MR) is 99.6 cm³/mol. The Kier molecular flexibility index (Phi) is 4.49. The first-order valence-electron chi connectivity index (χ1n) is 9.29. The van der Waals surface area contributed by atoms with Gasteiger partial charge in [-0.15, -0.1) is 0 Å². The molecule has 0 bridgehead atoms. The van der Waals surface area contributed by atoms with Crippen LogP contribution in [0.3, 0.4) is 0 Å². The lowest BCUT2D eigenvalue weighted by Crippen LogP contribution is -2.49. The van der Waals surface area contributed by atoms with Crippen molar-refractivity contribution in [2.24, 2.45) is 0 Å². The SMILES string of the molecule is Cc1cc(N2CCN(C(=O)c3ccccc3O)CC2)nc(C2CCC2)n1. The van der Waals surface area contributed by atoms with Crippen molar-refractivity contribution in [3.8, 4) is 5.75 Å². The molecular formula is C20H24N4O2. The van der Waals surface area contributed by atoms with Crippen molar-refractivity contribution >= 4 is 11.7 Å². The number of para-hydroxylation sites is 1. The number of carbonyl (C=O) groups is 1. The summed E-state index contributed by atoms with van der Waals surface area (Å²) in [4.78, 5) is 26.1. The third-order valence-electron chi connectivity index (χ3n) is 5.35. The number of carbonyl (C=O) groups excluding carboxylic acids is 1. The van der Waals surface area contributed by atoms with Crippen molar-refractivity contribution in [2.45, 2.75) is 32.1 Å². The van der Waals surface area contributed by atoms with Crippen molar-refractivity contribution in [3.63, 3.8) is 0 Å². The number of aromatic hydroxyl groups is 1. The molecule has 0 spiro atoms. The van der Waals surface area contributed by atoms with E-state index in [9.17, 15) is 9.90 Å². The van der Waals surface area contributed by atoms with Crippen LogP contribution in [0.15, 0.2) is 30.3 Å². The van der Waals surface area contributed by atoms with E-state index in [0.717, 1.165) is 30.4 Å². The Morgan fingerprint density at radius 3 is 2.50 bits per heavy atom. The Bertz CT molecular complexity index is 811. The zero-order valence-corrected chi connectivity index (χ0v) is 15.1. The third kappa shape index (κ3) is 3.23. The van der Waals surface area contributed by atoms with Gasteiger partial charge in [-0.3, -0.25) is 4.79 Å². The Labute approximate surface area is 153 Å². The van der Waals surface area contributed by atoms with E-state index in [1.165, 1.54) is 19.3 Å². The van der Waals surface area contributed by atoms with Crippen LogP contribution in [0.2, 0.25) is 0 Å². The number of phenolic OH excluding ortho intramolecular Hbond substituents is 1. The summed E-state index contributed by atoms with van der Waals surface area (Å²) in [6.45, 7) is 4.73. The van der Waals surface area contributed by atoms with Crippen LogP contribution in [-0.4, -0.2) is 52.1 Å². The molecule has 1 N–H and O–H groups in total. The van der Waals surface area contributed by atoms with Gasteiger partial charge in [-0.2, -0.15) is 0 Å². The van der Waals surface area contributed by atoms with E-state index in [1.54, 1.807) is 29.2 Å². The van der Waals surface area contributed by atoms with Gasteiger partial charge in [-0.25, -0.2) is 9.97 Å². The number of phenols is 1. The van der Waals surface area contributed by atoms with Gasteiger partial charge in [0.25, 0.3) is 5.91 Å². The van der Waals surface area contributed by atoms with Crippen molar-refractivity contribution in [1.29, 1.82) is 0 Å². The molecule has 6 nitrogen and oxygen atoms in total. The molecule has 26 heavy (non-hydrogen) atoms. The number of hydrogen-bond donors (Lipinski definition) is 1. The maximum atomic E-state index is 12.6. The fourth-order valence-corrected chi connectivity index (χ4v) is 3.55. The van der Waals surface area contributed by atoms with Crippen LogP contribution in [0.1, 0.15) is 47.1 Å². The van der Waals surface area contributed by atoms with E-state index < -0.39 is 0 Å². The number of piperazine rings is 1. The highest BCUT2D eigenvalue weighted by Crippen LogP contribution is 2.35. The summed E-state index contributed by atoms with van der Waals surface area (Å²) in [7, 11) is 0. The molecule has 2 aliphatic rings. The van der Waals surface area contributed by atoms with Crippen LogP contribution in [0, 0.1) is 6.92 Å². The average molecular weight is 352 g/mol. The minimum absolute atomic E-state index is 0.0384. The molecule has 1 amide bonds. The maximum Gasteiger partial charge on any atom is 0.257 e.